The molecule has 0 saturated heterocycles. The SMILES string of the molecule is CC(NC(=O)CCC1(C)N=N1)c1ccccc1. The van der Waals surface area contributed by atoms with Crippen LogP contribution in [0.1, 0.15) is 38.3 Å². The van der Waals surface area contributed by atoms with Gasteiger partial charge in [-0.05, 0) is 19.4 Å². The first-order chi connectivity index (χ1) is 8.09. The summed E-state index contributed by atoms with van der Waals surface area (Å²) in [5.41, 5.74) is 0.834. The lowest BCUT2D eigenvalue weighted by Gasteiger charge is -2.14. The van der Waals surface area contributed by atoms with Crippen LogP contribution in [0.25, 0.3) is 0 Å². The van der Waals surface area contributed by atoms with E-state index in [1.165, 1.54) is 0 Å². The molecule has 1 unspecified atom stereocenters. The van der Waals surface area contributed by atoms with Gasteiger partial charge in [0.25, 0.3) is 0 Å². The van der Waals surface area contributed by atoms with Crippen LogP contribution in [0.2, 0.25) is 0 Å². The molecule has 1 aromatic carbocycles. The van der Waals surface area contributed by atoms with Gasteiger partial charge in [-0.2, -0.15) is 10.2 Å². The van der Waals surface area contributed by atoms with E-state index < -0.39 is 0 Å². The lowest BCUT2D eigenvalue weighted by Crippen LogP contribution is -2.27. The van der Waals surface area contributed by atoms with Crippen LogP contribution in [-0.4, -0.2) is 11.6 Å². The summed E-state index contributed by atoms with van der Waals surface area (Å²) in [5, 5.41) is 10.8. The van der Waals surface area contributed by atoms with Crippen molar-refractivity contribution in [2.75, 3.05) is 0 Å². The van der Waals surface area contributed by atoms with Crippen molar-refractivity contribution in [2.24, 2.45) is 10.2 Å². The van der Waals surface area contributed by atoms with Crippen LogP contribution in [0.5, 0.6) is 0 Å². The van der Waals surface area contributed by atoms with Gasteiger partial charge in [-0.3, -0.25) is 4.79 Å². The van der Waals surface area contributed by atoms with Crippen LogP contribution in [0, 0.1) is 0 Å². The van der Waals surface area contributed by atoms with Gasteiger partial charge in [-0.1, -0.05) is 30.3 Å². The van der Waals surface area contributed by atoms with Crippen LogP contribution in [0.15, 0.2) is 40.6 Å². The zero-order valence-corrected chi connectivity index (χ0v) is 10.2. The Hall–Kier alpha value is -1.71. The molecule has 1 heterocycles. The smallest absolute Gasteiger partial charge is 0.220 e. The monoisotopic (exact) mass is 231 g/mol. The predicted molar refractivity (Wildman–Crippen MR) is 65.5 cm³/mol. The first kappa shape index (κ1) is 11.8. The summed E-state index contributed by atoms with van der Waals surface area (Å²) in [6.45, 7) is 3.92. The Balaban J connectivity index is 1.78. The maximum absolute atomic E-state index is 11.7. The standard InChI is InChI=1S/C13H17N3O/c1-10(11-6-4-3-5-7-11)14-12(17)8-9-13(2)15-16-13/h3-7,10H,8-9H2,1-2H3,(H,14,17). The van der Waals surface area contributed by atoms with Gasteiger partial charge < -0.3 is 5.32 Å². The molecule has 1 atom stereocenters. The maximum atomic E-state index is 11.7. The largest absolute Gasteiger partial charge is 0.350 e. The van der Waals surface area contributed by atoms with E-state index in [2.05, 4.69) is 15.5 Å². The second-order valence-electron chi connectivity index (χ2n) is 4.62. The number of carbonyl (C=O) groups is 1. The van der Waals surface area contributed by atoms with Crippen molar-refractivity contribution in [1.29, 1.82) is 0 Å². The fourth-order valence-electron chi connectivity index (χ4n) is 1.67. The molecule has 0 fully saturated rings. The molecule has 1 amide bonds. The zero-order valence-electron chi connectivity index (χ0n) is 10.2. The van der Waals surface area contributed by atoms with E-state index in [1.807, 2.05) is 44.2 Å². The summed E-state index contributed by atoms with van der Waals surface area (Å²) in [7, 11) is 0. The summed E-state index contributed by atoms with van der Waals surface area (Å²) in [6, 6.07) is 9.98. The van der Waals surface area contributed by atoms with Gasteiger partial charge in [-0.25, -0.2) is 0 Å². The quantitative estimate of drug-likeness (QED) is 0.832. The normalized spacial score (nSPS) is 17.5. The van der Waals surface area contributed by atoms with Crippen molar-refractivity contribution < 1.29 is 4.79 Å². The number of benzene rings is 1. The van der Waals surface area contributed by atoms with Gasteiger partial charge in [0.1, 0.15) is 0 Å². The van der Waals surface area contributed by atoms with Crippen LogP contribution in [-0.2, 0) is 4.79 Å². The fourth-order valence-corrected chi connectivity index (χ4v) is 1.67. The van der Waals surface area contributed by atoms with Crippen LogP contribution in [0.4, 0.5) is 0 Å². The highest BCUT2D eigenvalue weighted by atomic mass is 16.1. The number of carbonyl (C=O) groups excluding carboxylic acids is 1. The molecule has 0 bridgehead atoms. The third kappa shape index (κ3) is 3.37. The molecule has 0 radical (unpaired) electrons. The van der Waals surface area contributed by atoms with Crippen molar-refractivity contribution in [3.8, 4) is 0 Å². The Kier molecular flexibility index (Phi) is 3.22. The Bertz CT molecular complexity index is 422. The first-order valence-electron chi connectivity index (χ1n) is 5.87. The third-order valence-electron chi connectivity index (χ3n) is 2.94. The van der Waals surface area contributed by atoms with Crippen molar-refractivity contribution in [1.82, 2.24) is 5.32 Å². The lowest BCUT2D eigenvalue weighted by atomic mass is 10.1. The molecule has 90 valence electrons. The van der Waals surface area contributed by atoms with Crippen molar-refractivity contribution >= 4 is 5.91 Å². The molecule has 1 aromatic rings. The number of nitrogens with one attached hydrogen (secondary N) is 1. The van der Waals surface area contributed by atoms with Gasteiger partial charge in [0.05, 0.1) is 6.04 Å². The maximum Gasteiger partial charge on any atom is 0.220 e. The molecule has 17 heavy (non-hydrogen) atoms. The summed E-state index contributed by atoms with van der Waals surface area (Å²) < 4.78 is 0. The number of rotatable bonds is 5. The molecule has 0 saturated carbocycles. The molecule has 0 spiro atoms. The fraction of sp³-hybridized carbons (Fsp3) is 0.462. The molecule has 1 aliphatic heterocycles. The highest BCUT2D eigenvalue weighted by Crippen LogP contribution is 2.31. The molecular weight excluding hydrogens is 214 g/mol. The first-order valence-corrected chi connectivity index (χ1v) is 5.87. The third-order valence-corrected chi connectivity index (χ3v) is 2.94. The molecule has 1 aliphatic rings. The predicted octanol–water partition coefficient (Wildman–Crippen LogP) is 2.83. The number of amides is 1. The summed E-state index contributed by atoms with van der Waals surface area (Å²) in [5.74, 6) is 0.0554. The molecule has 0 aliphatic carbocycles. The Labute approximate surface area is 101 Å². The van der Waals surface area contributed by atoms with Gasteiger partial charge in [0.2, 0.25) is 5.91 Å². The topological polar surface area (TPSA) is 53.8 Å². The number of hydrogen-bond donors (Lipinski definition) is 1. The van der Waals surface area contributed by atoms with E-state index in [9.17, 15) is 4.79 Å². The molecule has 4 heteroatoms. The second kappa shape index (κ2) is 4.65. The Morgan fingerprint density at radius 2 is 2.00 bits per heavy atom. The van der Waals surface area contributed by atoms with Gasteiger partial charge in [0.15, 0.2) is 5.66 Å². The average molecular weight is 231 g/mol. The van der Waals surface area contributed by atoms with Crippen molar-refractivity contribution in [2.45, 2.75) is 38.4 Å². The number of nitrogens with zero attached hydrogens (tertiary/aromatic N) is 2. The highest BCUT2D eigenvalue weighted by molar-refractivity contribution is 5.76. The minimum Gasteiger partial charge on any atom is -0.350 e. The minimum atomic E-state index is -0.284. The summed E-state index contributed by atoms with van der Waals surface area (Å²) in [6.07, 6.45) is 1.17. The molecule has 2 rings (SSSR count). The molecular formula is C13H17N3O. The number of hydrogen-bond acceptors (Lipinski definition) is 3. The average Bonchev–Trinajstić information content (AvgIpc) is 3.07. The Morgan fingerprint density at radius 1 is 1.35 bits per heavy atom. The van der Waals surface area contributed by atoms with Crippen molar-refractivity contribution in [3.63, 3.8) is 0 Å². The summed E-state index contributed by atoms with van der Waals surface area (Å²) >= 11 is 0. The van der Waals surface area contributed by atoms with E-state index in [-0.39, 0.29) is 17.6 Å². The molecule has 4 nitrogen and oxygen atoms in total. The van der Waals surface area contributed by atoms with E-state index in [4.69, 9.17) is 0 Å². The van der Waals surface area contributed by atoms with E-state index in [1.54, 1.807) is 0 Å². The molecule has 0 aromatic heterocycles. The minimum absolute atomic E-state index is 0.0459. The molecule has 1 N–H and O–H groups in total. The lowest BCUT2D eigenvalue weighted by molar-refractivity contribution is -0.122. The van der Waals surface area contributed by atoms with Crippen LogP contribution in [0.3, 0.4) is 0 Å². The van der Waals surface area contributed by atoms with Crippen molar-refractivity contribution in [3.05, 3.63) is 35.9 Å². The van der Waals surface area contributed by atoms with Gasteiger partial charge in [0, 0.05) is 12.8 Å². The highest BCUT2D eigenvalue weighted by Gasteiger charge is 2.33. The summed E-state index contributed by atoms with van der Waals surface area (Å²) in [4.78, 5) is 11.7. The van der Waals surface area contributed by atoms with E-state index in [0.29, 0.717) is 12.8 Å². The second-order valence-corrected chi connectivity index (χ2v) is 4.62. The van der Waals surface area contributed by atoms with Crippen LogP contribution < -0.4 is 5.32 Å². The van der Waals surface area contributed by atoms with E-state index >= 15 is 0 Å². The van der Waals surface area contributed by atoms with Gasteiger partial charge in [-0.15, -0.1) is 0 Å². The van der Waals surface area contributed by atoms with E-state index in [0.717, 1.165) is 5.56 Å². The van der Waals surface area contributed by atoms with Gasteiger partial charge >= 0.3 is 0 Å². The Morgan fingerprint density at radius 3 is 2.59 bits per heavy atom. The van der Waals surface area contributed by atoms with Crippen LogP contribution >= 0.6 is 0 Å². The zero-order chi connectivity index (χ0) is 12.3.